The minimum Gasteiger partial charge on any atom is -0.548 e. The highest BCUT2D eigenvalue weighted by molar-refractivity contribution is 8.26. The fraction of sp³-hybridized carbons (Fsp3) is 0.200. The van der Waals surface area contributed by atoms with Crippen molar-refractivity contribution in [2.45, 2.75) is 13.0 Å². The summed E-state index contributed by atoms with van der Waals surface area (Å²) in [6, 6.07) is 5.36. The van der Waals surface area contributed by atoms with E-state index in [0.717, 1.165) is 5.56 Å². The SMILES string of the molecule is C[C@@H](NC(=O)c1ccc(/C=C2\SC(=S)N(C)C2=O)cc1)C(=O)[O-]. The summed E-state index contributed by atoms with van der Waals surface area (Å²) in [5.74, 6) is -2.02. The third-order valence-electron chi connectivity index (χ3n) is 3.16. The lowest BCUT2D eigenvalue weighted by atomic mass is 10.1. The zero-order chi connectivity index (χ0) is 17.1. The van der Waals surface area contributed by atoms with Crippen molar-refractivity contribution in [1.82, 2.24) is 10.2 Å². The quantitative estimate of drug-likeness (QED) is 0.625. The van der Waals surface area contributed by atoms with Crippen LogP contribution in [0.5, 0.6) is 0 Å². The third kappa shape index (κ3) is 3.96. The lowest BCUT2D eigenvalue weighted by Gasteiger charge is -2.14. The van der Waals surface area contributed by atoms with Gasteiger partial charge in [0, 0.05) is 12.6 Å². The molecule has 23 heavy (non-hydrogen) atoms. The van der Waals surface area contributed by atoms with Gasteiger partial charge in [0.05, 0.1) is 16.9 Å². The highest BCUT2D eigenvalue weighted by Crippen LogP contribution is 2.31. The Kier molecular flexibility index (Phi) is 5.17. The van der Waals surface area contributed by atoms with E-state index in [2.05, 4.69) is 5.32 Å². The molecule has 0 bridgehead atoms. The van der Waals surface area contributed by atoms with Gasteiger partial charge in [-0.25, -0.2) is 0 Å². The number of thioether (sulfide) groups is 1. The first-order valence-electron chi connectivity index (χ1n) is 6.63. The van der Waals surface area contributed by atoms with Gasteiger partial charge in [0.25, 0.3) is 11.8 Å². The van der Waals surface area contributed by atoms with E-state index in [9.17, 15) is 19.5 Å². The Morgan fingerprint density at radius 3 is 2.43 bits per heavy atom. The lowest BCUT2D eigenvalue weighted by molar-refractivity contribution is -0.307. The predicted molar refractivity (Wildman–Crippen MR) is 89.3 cm³/mol. The number of carbonyl (C=O) groups is 3. The van der Waals surface area contributed by atoms with E-state index < -0.39 is 17.9 Å². The fourth-order valence-corrected chi connectivity index (χ4v) is 2.95. The summed E-state index contributed by atoms with van der Waals surface area (Å²) in [4.78, 5) is 36.3. The van der Waals surface area contributed by atoms with Crippen molar-refractivity contribution < 1.29 is 19.5 Å². The second kappa shape index (κ2) is 6.93. The molecular formula is C15H13N2O4S2-. The molecule has 2 rings (SSSR count). The van der Waals surface area contributed by atoms with E-state index in [1.807, 2.05) is 0 Å². The maximum absolute atomic E-state index is 11.9. The Bertz CT molecular complexity index is 713. The summed E-state index contributed by atoms with van der Waals surface area (Å²) in [7, 11) is 1.62. The normalized spacial score (nSPS) is 17.5. The Morgan fingerprint density at radius 2 is 1.96 bits per heavy atom. The molecule has 6 nitrogen and oxygen atoms in total. The summed E-state index contributed by atoms with van der Waals surface area (Å²) in [5, 5.41) is 12.9. The molecule has 1 aromatic carbocycles. The molecule has 0 radical (unpaired) electrons. The molecule has 0 spiro atoms. The van der Waals surface area contributed by atoms with Crippen LogP contribution in [0.15, 0.2) is 29.2 Å². The topological polar surface area (TPSA) is 89.5 Å². The molecule has 0 aromatic heterocycles. The molecule has 1 saturated heterocycles. The second-order valence-corrected chi connectivity index (χ2v) is 6.55. The van der Waals surface area contributed by atoms with Crippen molar-refractivity contribution >= 4 is 52.2 Å². The van der Waals surface area contributed by atoms with Gasteiger partial charge in [0.15, 0.2) is 0 Å². The molecule has 1 heterocycles. The maximum atomic E-state index is 11.9. The molecule has 0 aliphatic carbocycles. The van der Waals surface area contributed by atoms with E-state index in [1.165, 1.54) is 23.6 Å². The van der Waals surface area contributed by atoms with Crippen LogP contribution in [-0.2, 0) is 9.59 Å². The summed E-state index contributed by atoms with van der Waals surface area (Å²) in [6.07, 6.45) is 1.69. The number of nitrogens with one attached hydrogen (secondary N) is 1. The molecule has 1 aliphatic heterocycles. The number of carbonyl (C=O) groups excluding carboxylic acids is 3. The van der Waals surface area contributed by atoms with Crippen molar-refractivity contribution in [3.05, 3.63) is 40.3 Å². The van der Waals surface area contributed by atoms with Gasteiger partial charge in [-0.3, -0.25) is 14.5 Å². The summed E-state index contributed by atoms with van der Waals surface area (Å²) >= 11 is 6.27. The van der Waals surface area contributed by atoms with Gasteiger partial charge >= 0.3 is 0 Å². The summed E-state index contributed by atoms with van der Waals surface area (Å²) in [5.41, 5.74) is 1.06. The number of benzene rings is 1. The Labute approximate surface area is 142 Å². The largest absolute Gasteiger partial charge is 0.548 e. The number of likely N-dealkylation sites (N-methyl/N-ethyl adjacent to an activating group) is 1. The van der Waals surface area contributed by atoms with Crippen LogP contribution in [0.3, 0.4) is 0 Å². The molecule has 2 amide bonds. The minimum absolute atomic E-state index is 0.162. The van der Waals surface area contributed by atoms with Crippen LogP contribution in [-0.4, -0.2) is 40.1 Å². The molecule has 0 saturated carbocycles. The first kappa shape index (κ1) is 17.2. The molecule has 1 fully saturated rings. The number of rotatable bonds is 4. The van der Waals surface area contributed by atoms with E-state index in [-0.39, 0.29) is 5.91 Å². The average Bonchev–Trinajstić information content (AvgIpc) is 2.75. The van der Waals surface area contributed by atoms with Gasteiger partial charge < -0.3 is 15.2 Å². The number of carboxylic acid groups (broad SMARTS) is 1. The van der Waals surface area contributed by atoms with Gasteiger partial charge in [-0.15, -0.1) is 0 Å². The molecule has 0 unspecified atom stereocenters. The van der Waals surface area contributed by atoms with Crippen LogP contribution in [0.2, 0.25) is 0 Å². The van der Waals surface area contributed by atoms with Crippen LogP contribution < -0.4 is 10.4 Å². The molecule has 1 N–H and O–H groups in total. The zero-order valence-electron chi connectivity index (χ0n) is 12.4. The smallest absolute Gasteiger partial charge is 0.265 e. The number of nitrogens with zero attached hydrogens (tertiary/aromatic N) is 1. The fourth-order valence-electron chi connectivity index (χ4n) is 1.77. The predicted octanol–water partition coefficient (Wildman–Crippen LogP) is 0.386. The minimum atomic E-state index is -1.35. The average molecular weight is 349 g/mol. The Hall–Kier alpha value is -2.19. The van der Waals surface area contributed by atoms with Crippen LogP contribution in [0, 0.1) is 0 Å². The van der Waals surface area contributed by atoms with Crippen molar-refractivity contribution in [3.8, 4) is 0 Å². The third-order valence-corrected chi connectivity index (χ3v) is 4.64. The number of hydrogen-bond donors (Lipinski definition) is 1. The van der Waals surface area contributed by atoms with Crippen LogP contribution in [0.4, 0.5) is 0 Å². The lowest BCUT2D eigenvalue weighted by Crippen LogP contribution is -2.45. The maximum Gasteiger partial charge on any atom is 0.265 e. The highest BCUT2D eigenvalue weighted by atomic mass is 32.2. The number of thiocarbonyl (C=S) groups is 1. The van der Waals surface area contributed by atoms with Gasteiger partial charge in [0.1, 0.15) is 4.32 Å². The molecule has 1 aliphatic rings. The van der Waals surface area contributed by atoms with Gasteiger partial charge in [-0.05, 0) is 30.7 Å². The van der Waals surface area contributed by atoms with Crippen LogP contribution in [0.25, 0.3) is 6.08 Å². The Balaban J connectivity index is 2.11. The zero-order valence-corrected chi connectivity index (χ0v) is 14.0. The number of carboxylic acids is 1. The Morgan fingerprint density at radius 1 is 1.35 bits per heavy atom. The first-order chi connectivity index (χ1) is 10.8. The summed E-state index contributed by atoms with van der Waals surface area (Å²) < 4.78 is 0.494. The number of aliphatic carboxylic acids is 1. The van der Waals surface area contributed by atoms with Crippen LogP contribution >= 0.6 is 24.0 Å². The second-order valence-electron chi connectivity index (χ2n) is 4.88. The van der Waals surface area contributed by atoms with E-state index in [0.29, 0.717) is 14.8 Å². The standard InChI is InChI=1S/C15H14N2O4S2/c1-8(14(20)21)16-12(18)10-5-3-9(4-6-10)7-11-13(19)17(2)15(22)23-11/h3-8H,1-2H3,(H,16,18)(H,20,21)/p-1/b11-7-/t8-/m1/s1. The monoisotopic (exact) mass is 349 g/mol. The molecule has 8 heteroatoms. The molecule has 1 atom stereocenters. The van der Waals surface area contributed by atoms with Crippen molar-refractivity contribution in [1.29, 1.82) is 0 Å². The van der Waals surface area contributed by atoms with E-state index in [4.69, 9.17) is 12.2 Å². The molecule has 120 valence electrons. The highest BCUT2D eigenvalue weighted by Gasteiger charge is 2.28. The van der Waals surface area contributed by atoms with Crippen LogP contribution in [0.1, 0.15) is 22.8 Å². The molecular weight excluding hydrogens is 336 g/mol. The van der Waals surface area contributed by atoms with Gasteiger partial charge in [-0.1, -0.05) is 36.1 Å². The van der Waals surface area contributed by atoms with E-state index >= 15 is 0 Å². The first-order valence-corrected chi connectivity index (χ1v) is 7.85. The van der Waals surface area contributed by atoms with Crippen molar-refractivity contribution in [3.63, 3.8) is 0 Å². The van der Waals surface area contributed by atoms with Gasteiger partial charge in [0.2, 0.25) is 0 Å². The summed E-state index contributed by atoms with van der Waals surface area (Å²) in [6.45, 7) is 1.33. The molecule has 1 aromatic rings. The van der Waals surface area contributed by atoms with E-state index in [1.54, 1.807) is 37.4 Å². The van der Waals surface area contributed by atoms with Gasteiger partial charge in [-0.2, -0.15) is 0 Å². The number of amides is 2. The number of hydrogen-bond acceptors (Lipinski definition) is 6. The van der Waals surface area contributed by atoms with Crippen molar-refractivity contribution in [2.24, 2.45) is 0 Å². The van der Waals surface area contributed by atoms with Crippen molar-refractivity contribution in [2.75, 3.05) is 7.05 Å².